The van der Waals surface area contributed by atoms with Crippen LogP contribution in [0.5, 0.6) is 0 Å². The van der Waals surface area contributed by atoms with Crippen LogP contribution >= 0.6 is 11.3 Å². The Morgan fingerprint density at radius 2 is 2.17 bits per heavy atom. The Hall–Kier alpha value is -1.55. The molecule has 0 unspecified atom stereocenters. The summed E-state index contributed by atoms with van der Waals surface area (Å²) < 4.78 is 0. The van der Waals surface area contributed by atoms with Crippen molar-refractivity contribution >= 4 is 22.7 Å². The minimum absolute atomic E-state index is 0.807. The number of aromatic nitrogens is 1. The van der Waals surface area contributed by atoms with Crippen molar-refractivity contribution in [2.24, 2.45) is 0 Å². The summed E-state index contributed by atoms with van der Waals surface area (Å²) in [5, 5.41) is 6.57. The van der Waals surface area contributed by atoms with E-state index in [1.54, 1.807) is 11.3 Å². The molecule has 0 spiro atoms. The first-order chi connectivity index (χ1) is 8.92. The first-order valence-electron chi connectivity index (χ1n) is 6.39. The van der Waals surface area contributed by atoms with Crippen LogP contribution in [0, 0.1) is 0 Å². The van der Waals surface area contributed by atoms with E-state index in [4.69, 9.17) is 0 Å². The van der Waals surface area contributed by atoms with Gasteiger partial charge in [-0.1, -0.05) is 6.07 Å². The third-order valence-electron chi connectivity index (χ3n) is 3.24. The summed E-state index contributed by atoms with van der Waals surface area (Å²) in [6.07, 6.45) is 4.48. The first-order valence-corrected chi connectivity index (χ1v) is 7.27. The molecule has 0 radical (unpaired) electrons. The van der Waals surface area contributed by atoms with E-state index in [1.807, 2.05) is 11.6 Å². The Labute approximate surface area is 111 Å². The summed E-state index contributed by atoms with van der Waals surface area (Å²) >= 11 is 1.69. The summed E-state index contributed by atoms with van der Waals surface area (Å²) in [6, 6.07) is 8.67. The van der Waals surface area contributed by atoms with Crippen LogP contribution in [-0.2, 0) is 6.54 Å². The molecule has 3 rings (SSSR count). The molecule has 1 N–H and O–H groups in total. The molecule has 3 nitrogen and oxygen atoms in total. The normalized spacial score (nSPS) is 15.0. The van der Waals surface area contributed by atoms with Crippen LogP contribution in [0.4, 0.5) is 11.4 Å². The Kier molecular flexibility index (Phi) is 3.46. The van der Waals surface area contributed by atoms with Gasteiger partial charge in [0, 0.05) is 36.0 Å². The van der Waals surface area contributed by atoms with Crippen LogP contribution < -0.4 is 10.2 Å². The third-order valence-corrected chi connectivity index (χ3v) is 4.02. The predicted molar refractivity (Wildman–Crippen MR) is 77.3 cm³/mol. The van der Waals surface area contributed by atoms with Crippen molar-refractivity contribution in [2.45, 2.75) is 19.4 Å². The number of anilines is 2. The molecule has 0 atom stereocenters. The molecular formula is C14H17N3S. The monoisotopic (exact) mass is 259 g/mol. The van der Waals surface area contributed by atoms with E-state index in [2.05, 4.69) is 39.5 Å². The van der Waals surface area contributed by atoms with Crippen LogP contribution in [0.2, 0.25) is 0 Å². The van der Waals surface area contributed by atoms with Crippen molar-refractivity contribution in [3.8, 4) is 0 Å². The molecular weight excluding hydrogens is 242 g/mol. The molecule has 94 valence electrons. The molecule has 0 amide bonds. The quantitative estimate of drug-likeness (QED) is 0.912. The second kappa shape index (κ2) is 5.40. The fourth-order valence-electron chi connectivity index (χ4n) is 2.31. The van der Waals surface area contributed by atoms with Gasteiger partial charge in [0.15, 0.2) is 0 Å². The highest BCUT2D eigenvalue weighted by Gasteiger charge is 2.12. The smallest absolute Gasteiger partial charge is 0.112 e. The van der Waals surface area contributed by atoms with E-state index in [0.717, 1.165) is 11.6 Å². The fraction of sp³-hybridized carbons (Fsp3) is 0.357. The van der Waals surface area contributed by atoms with E-state index in [0.29, 0.717) is 0 Å². The molecule has 1 aromatic heterocycles. The molecule has 0 bridgehead atoms. The molecule has 4 heteroatoms. The molecule has 1 aliphatic rings. The van der Waals surface area contributed by atoms with Crippen LogP contribution in [0.25, 0.3) is 0 Å². The van der Waals surface area contributed by atoms with Gasteiger partial charge in [-0.2, -0.15) is 0 Å². The summed E-state index contributed by atoms with van der Waals surface area (Å²) in [5.41, 5.74) is 2.51. The Morgan fingerprint density at radius 3 is 2.94 bits per heavy atom. The number of nitrogens with one attached hydrogen (secondary N) is 1. The van der Waals surface area contributed by atoms with Crippen LogP contribution in [0.3, 0.4) is 0 Å². The van der Waals surface area contributed by atoms with E-state index in [-0.39, 0.29) is 0 Å². The third kappa shape index (κ3) is 2.64. The minimum atomic E-state index is 0.807. The summed E-state index contributed by atoms with van der Waals surface area (Å²) in [7, 11) is 0. The predicted octanol–water partition coefficient (Wildman–Crippen LogP) is 3.36. The lowest BCUT2D eigenvalue weighted by Gasteiger charge is -2.18. The van der Waals surface area contributed by atoms with Crippen molar-refractivity contribution in [1.29, 1.82) is 0 Å². The van der Waals surface area contributed by atoms with Crippen molar-refractivity contribution < 1.29 is 0 Å². The van der Waals surface area contributed by atoms with Gasteiger partial charge in [-0.3, -0.25) is 0 Å². The van der Waals surface area contributed by atoms with Gasteiger partial charge in [0.2, 0.25) is 0 Å². The van der Waals surface area contributed by atoms with Crippen molar-refractivity contribution in [1.82, 2.24) is 4.98 Å². The largest absolute Gasteiger partial charge is 0.378 e. The molecule has 1 aliphatic heterocycles. The summed E-state index contributed by atoms with van der Waals surface area (Å²) in [5.74, 6) is 0. The van der Waals surface area contributed by atoms with Crippen molar-refractivity contribution in [2.75, 3.05) is 23.3 Å². The fourth-order valence-corrected chi connectivity index (χ4v) is 2.86. The molecule has 1 fully saturated rings. The maximum atomic E-state index is 4.28. The molecule has 2 aromatic rings. The average Bonchev–Trinajstić information content (AvgIpc) is 3.10. The van der Waals surface area contributed by atoms with E-state index in [9.17, 15) is 0 Å². The van der Waals surface area contributed by atoms with Crippen LogP contribution in [-0.4, -0.2) is 18.1 Å². The molecule has 0 aliphatic carbocycles. The standard InChI is InChI=1S/C14H17N3S/c1-2-8-17(7-1)13-5-3-4-12(10-13)16-11-14-15-6-9-18-14/h3-6,9-10,16H,1-2,7-8,11H2. The maximum Gasteiger partial charge on any atom is 0.112 e. The van der Waals surface area contributed by atoms with Crippen LogP contribution in [0.1, 0.15) is 17.8 Å². The number of thiazole rings is 1. The van der Waals surface area contributed by atoms with Crippen molar-refractivity contribution in [3.63, 3.8) is 0 Å². The van der Waals surface area contributed by atoms with Gasteiger partial charge < -0.3 is 10.2 Å². The number of nitrogens with zero attached hydrogens (tertiary/aromatic N) is 2. The number of benzene rings is 1. The Bertz CT molecular complexity index is 490. The molecule has 18 heavy (non-hydrogen) atoms. The zero-order valence-corrected chi connectivity index (χ0v) is 11.1. The van der Waals surface area contributed by atoms with E-state index in [1.165, 1.54) is 37.3 Å². The van der Waals surface area contributed by atoms with Gasteiger partial charge in [0.1, 0.15) is 5.01 Å². The second-order valence-electron chi connectivity index (χ2n) is 4.52. The SMILES string of the molecule is c1cc(NCc2nccs2)cc(N2CCCC2)c1. The molecule has 1 aromatic carbocycles. The number of hydrogen-bond acceptors (Lipinski definition) is 4. The highest BCUT2D eigenvalue weighted by atomic mass is 32.1. The molecule has 2 heterocycles. The van der Waals surface area contributed by atoms with Gasteiger partial charge in [0.25, 0.3) is 0 Å². The van der Waals surface area contributed by atoms with Gasteiger partial charge in [-0.25, -0.2) is 4.98 Å². The zero-order chi connectivity index (χ0) is 12.2. The lowest BCUT2D eigenvalue weighted by molar-refractivity contribution is 0.949. The van der Waals surface area contributed by atoms with Gasteiger partial charge in [0.05, 0.1) is 6.54 Å². The number of rotatable bonds is 4. The topological polar surface area (TPSA) is 28.2 Å². The van der Waals surface area contributed by atoms with Crippen molar-refractivity contribution in [3.05, 3.63) is 40.8 Å². The molecule has 1 saturated heterocycles. The highest BCUT2D eigenvalue weighted by molar-refractivity contribution is 7.09. The first kappa shape index (κ1) is 11.5. The Balaban J connectivity index is 1.66. The highest BCUT2D eigenvalue weighted by Crippen LogP contribution is 2.23. The lowest BCUT2D eigenvalue weighted by atomic mass is 10.2. The summed E-state index contributed by atoms with van der Waals surface area (Å²) in [4.78, 5) is 6.73. The second-order valence-corrected chi connectivity index (χ2v) is 5.50. The van der Waals surface area contributed by atoms with Gasteiger partial charge in [-0.05, 0) is 31.0 Å². The van der Waals surface area contributed by atoms with Crippen LogP contribution in [0.15, 0.2) is 35.8 Å². The number of hydrogen-bond donors (Lipinski definition) is 1. The maximum absolute atomic E-state index is 4.28. The van der Waals surface area contributed by atoms with E-state index < -0.39 is 0 Å². The van der Waals surface area contributed by atoms with Gasteiger partial charge in [-0.15, -0.1) is 11.3 Å². The molecule has 0 saturated carbocycles. The van der Waals surface area contributed by atoms with Gasteiger partial charge >= 0.3 is 0 Å². The zero-order valence-electron chi connectivity index (χ0n) is 10.3. The average molecular weight is 259 g/mol. The summed E-state index contributed by atoms with van der Waals surface area (Å²) in [6.45, 7) is 3.19. The van der Waals surface area contributed by atoms with E-state index >= 15 is 0 Å². The Morgan fingerprint density at radius 1 is 1.28 bits per heavy atom. The lowest BCUT2D eigenvalue weighted by Crippen LogP contribution is -2.17. The minimum Gasteiger partial charge on any atom is -0.378 e.